The highest BCUT2D eigenvalue weighted by Gasteiger charge is 2.35. The third kappa shape index (κ3) is 1.52. The first kappa shape index (κ1) is 9.76. The molecule has 15 heavy (non-hydrogen) atoms. The lowest BCUT2D eigenvalue weighted by molar-refractivity contribution is 0.440. The monoisotopic (exact) mass is 242 g/mol. The Kier molecular flexibility index (Phi) is 2.31. The van der Waals surface area contributed by atoms with Gasteiger partial charge < -0.3 is 10.6 Å². The first-order chi connectivity index (χ1) is 7.25. The number of anilines is 1. The van der Waals surface area contributed by atoms with Crippen LogP contribution in [0.5, 0.6) is 0 Å². The van der Waals surface area contributed by atoms with Crippen LogP contribution in [0.3, 0.4) is 0 Å². The highest BCUT2D eigenvalue weighted by atomic mass is 35.5. The average molecular weight is 243 g/mol. The van der Waals surface area contributed by atoms with E-state index in [4.69, 9.17) is 23.2 Å². The summed E-state index contributed by atoms with van der Waals surface area (Å²) in [4.78, 5) is 0. The second kappa shape index (κ2) is 3.55. The molecule has 0 radical (unpaired) electrons. The van der Waals surface area contributed by atoms with Gasteiger partial charge in [-0.25, -0.2) is 0 Å². The lowest BCUT2D eigenvalue weighted by atomic mass is 9.90. The zero-order valence-corrected chi connectivity index (χ0v) is 9.70. The Labute approximate surface area is 99.0 Å². The van der Waals surface area contributed by atoms with Crippen molar-refractivity contribution in [1.82, 2.24) is 5.32 Å². The molecule has 2 atom stereocenters. The van der Waals surface area contributed by atoms with Crippen molar-refractivity contribution in [3.63, 3.8) is 0 Å². The standard InChI is InChI=1S/C11H12Cl2N2/c12-6-3-7-8-5-14-2-1-10(8)15-11(7)9(13)4-6/h3-4,8,10,14-15H,1-2,5H2. The van der Waals surface area contributed by atoms with Gasteiger partial charge in [-0.05, 0) is 30.7 Å². The van der Waals surface area contributed by atoms with Gasteiger partial charge >= 0.3 is 0 Å². The van der Waals surface area contributed by atoms with Gasteiger partial charge in [-0.2, -0.15) is 0 Å². The molecule has 2 unspecified atom stereocenters. The fourth-order valence-electron chi connectivity index (χ4n) is 2.58. The van der Waals surface area contributed by atoms with Crippen LogP contribution in [-0.2, 0) is 0 Å². The van der Waals surface area contributed by atoms with Crippen molar-refractivity contribution in [2.24, 2.45) is 0 Å². The molecule has 0 saturated carbocycles. The van der Waals surface area contributed by atoms with Crippen molar-refractivity contribution < 1.29 is 0 Å². The van der Waals surface area contributed by atoms with Crippen molar-refractivity contribution in [3.05, 3.63) is 27.7 Å². The molecule has 0 amide bonds. The summed E-state index contributed by atoms with van der Waals surface area (Å²) in [5.41, 5.74) is 2.35. The Morgan fingerprint density at radius 2 is 2.13 bits per heavy atom. The van der Waals surface area contributed by atoms with E-state index >= 15 is 0 Å². The number of hydrogen-bond donors (Lipinski definition) is 2. The third-order valence-electron chi connectivity index (χ3n) is 3.30. The SMILES string of the molecule is Clc1cc(Cl)c2c(c1)C1CNCCC1N2. The zero-order chi connectivity index (χ0) is 10.4. The van der Waals surface area contributed by atoms with Crippen LogP contribution in [-0.4, -0.2) is 19.1 Å². The normalized spacial score (nSPS) is 28.1. The van der Waals surface area contributed by atoms with Gasteiger partial charge in [-0.1, -0.05) is 23.2 Å². The van der Waals surface area contributed by atoms with Crippen LogP contribution >= 0.6 is 23.2 Å². The molecule has 4 heteroatoms. The number of fused-ring (bicyclic) bond motifs is 3. The third-order valence-corrected chi connectivity index (χ3v) is 3.81. The smallest absolute Gasteiger partial charge is 0.0655 e. The molecular formula is C11H12Cl2N2. The van der Waals surface area contributed by atoms with E-state index in [1.165, 1.54) is 5.56 Å². The predicted molar refractivity (Wildman–Crippen MR) is 64.1 cm³/mol. The molecule has 2 nitrogen and oxygen atoms in total. The van der Waals surface area contributed by atoms with Gasteiger partial charge in [0.2, 0.25) is 0 Å². The van der Waals surface area contributed by atoms with Gasteiger partial charge in [0.25, 0.3) is 0 Å². The van der Waals surface area contributed by atoms with Crippen LogP contribution in [0.25, 0.3) is 0 Å². The first-order valence-electron chi connectivity index (χ1n) is 5.22. The van der Waals surface area contributed by atoms with Crippen molar-refractivity contribution in [2.45, 2.75) is 18.4 Å². The van der Waals surface area contributed by atoms with E-state index in [1.807, 2.05) is 6.07 Å². The summed E-state index contributed by atoms with van der Waals surface area (Å²) in [6.45, 7) is 2.09. The maximum Gasteiger partial charge on any atom is 0.0655 e. The van der Waals surface area contributed by atoms with Crippen LogP contribution in [0.2, 0.25) is 10.0 Å². The van der Waals surface area contributed by atoms with E-state index in [1.54, 1.807) is 6.07 Å². The molecule has 0 aromatic heterocycles. The minimum atomic E-state index is 0.518. The lowest BCUT2D eigenvalue weighted by Crippen LogP contribution is -2.38. The molecule has 2 aliphatic heterocycles. The molecule has 1 saturated heterocycles. The summed E-state index contributed by atoms with van der Waals surface area (Å²) < 4.78 is 0. The molecular weight excluding hydrogens is 231 g/mol. The number of hydrogen-bond acceptors (Lipinski definition) is 2. The molecule has 0 spiro atoms. The van der Waals surface area contributed by atoms with Gasteiger partial charge in [0.1, 0.15) is 0 Å². The fourth-order valence-corrected chi connectivity index (χ4v) is 3.15. The van der Waals surface area contributed by atoms with Crippen molar-refractivity contribution in [3.8, 4) is 0 Å². The average Bonchev–Trinajstić information content (AvgIpc) is 2.57. The highest BCUT2D eigenvalue weighted by Crippen LogP contribution is 2.43. The largest absolute Gasteiger partial charge is 0.380 e. The van der Waals surface area contributed by atoms with Crippen LogP contribution in [0.1, 0.15) is 17.9 Å². The highest BCUT2D eigenvalue weighted by molar-refractivity contribution is 6.36. The van der Waals surface area contributed by atoms with E-state index in [9.17, 15) is 0 Å². The van der Waals surface area contributed by atoms with Crippen LogP contribution in [0, 0.1) is 0 Å². The number of halogens is 2. The van der Waals surface area contributed by atoms with E-state index < -0.39 is 0 Å². The lowest BCUT2D eigenvalue weighted by Gasteiger charge is -2.26. The van der Waals surface area contributed by atoms with Crippen LogP contribution < -0.4 is 10.6 Å². The van der Waals surface area contributed by atoms with Crippen LogP contribution in [0.15, 0.2) is 12.1 Å². The number of piperidine rings is 1. The van der Waals surface area contributed by atoms with Gasteiger partial charge in [-0.15, -0.1) is 0 Å². The quantitative estimate of drug-likeness (QED) is 0.732. The second-order valence-electron chi connectivity index (χ2n) is 4.20. The molecule has 0 aliphatic carbocycles. The molecule has 2 heterocycles. The molecule has 2 N–H and O–H groups in total. The van der Waals surface area contributed by atoms with Crippen LogP contribution in [0.4, 0.5) is 5.69 Å². The van der Waals surface area contributed by atoms with E-state index in [0.29, 0.717) is 12.0 Å². The zero-order valence-electron chi connectivity index (χ0n) is 8.19. The van der Waals surface area contributed by atoms with E-state index in [0.717, 1.165) is 35.2 Å². The first-order valence-corrected chi connectivity index (χ1v) is 5.97. The molecule has 80 valence electrons. The number of nitrogens with one attached hydrogen (secondary N) is 2. The van der Waals surface area contributed by atoms with E-state index in [2.05, 4.69) is 10.6 Å². The minimum Gasteiger partial charge on any atom is -0.380 e. The Balaban J connectivity index is 2.08. The molecule has 2 aliphatic rings. The van der Waals surface area contributed by atoms with Crippen molar-refractivity contribution in [2.75, 3.05) is 18.4 Å². The Morgan fingerprint density at radius 3 is 3.00 bits per heavy atom. The van der Waals surface area contributed by atoms with Crippen molar-refractivity contribution in [1.29, 1.82) is 0 Å². The van der Waals surface area contributed by atoms with Gasteiger partial charge in [0.05, 0.1) is 10.7 Å². The van der Waals surface area contributed by atoms with E-state index in [-0.39, 0.29) is 0 Å². The fraction of sp³-hybridized carbons (Fsp3) is 0.455. The second-order valence-corrected chi connectivity index (χ2v) is 5.05. The van der Waals surface area contributed by atoms with Crippen molar-refractivity contribution >= 4 is 28.9 Å². The maximum absolute atomic E-state index is 6.17. The summed E-state index contributed by atoms with van der Waals surface area (Å²) in [6, 6.07) is 4.37. The van der Waals surface area contributed by atoms with Gasteiger partial charge in [-0.3, -0.25) is 0 Å². The summed E-state index contributed by atoms with van der Waals surface area (Å²) in [6.07, 6.45) is 1.15. The molecule has 1 aromatic carbocycles. The summed E-state index contributed by atoms with van der Waals surface area (Å²) in [5, 5.41) is 8.38. The summed E-state index contributed by atoms with van der Waals surface area (Å²) >= 11 is 12.2. The maximum atomic E-state index is 6.17. The summed E-state index contributed by atoms with van der Waals surface area (Å²) in [7, 11) is 0. The van der Waals surface area contributed by atoms with Gasteiger partial charge in [0, 0.05) is 23.5 Å². The summed E-state index contributed by atoms with van der Waals surface area (Å²) in [5.74, 6) is 0.518. The number of benzene rings is 1. The number of rotatable bonds is 0. The Bertz CT molecular complexity index is 406. The van der Waals surface area contributed by atoms with Gasteiger partial charge in [0.15, 0.2) is 0 Å². The Morgan fingerprint density at radius 1 is 1.27 bits per heavy atom. The molecule has 3 rings (SSSR count). The molecule has 0 bridgehead atoms. The predicted octanol–water partition coefficient (Wildman–Crippen LogP) is 2.86. The minimum absolute atomic E-state index is 0.518. The Hall–Kier alpha value is -0.440. The molecule has 1 aromatic rings. The topological polar surface area (TPSA) is 24.1 Å². The molecule has 1 fully saturated rings.